The fraction of sp³-hybridized carbons (Fsp3) is 0.375. The Hall–Kier alpha value is -3.22. The van der Waals surface area contributed by atoms with Gasteiger partial charge in [-0.25, -0.2) is 4.39 Å². The number of carbonyl (C=O) groups is 3. The maximum atomic E-state index is 13.4. The highest BCUT2D eigenvalue weighted by Gasteiger charge is 2.43. The highest BCUT2D eigenvalue weighted by atomic mass is 19.1. The molecule has 31 heavy (non-hydrogen) atoms. The normalized spacial score (nSPS) is 16.4. The van der Waals surface area contributed by atoms with Gasteiger partial charge in [0.05, 0.1) is 11.3 Å². The number of likely N-dealkylation sites (tertiary alicyclic amines) is 1. The molecular formula is C24H28FN3O3. The monoisotopic (exact) mass is 425 g/mol. The number of primary amides is 1. The Morgan fingerprint density at radius 2 is 1.68 bits per heavy atom. The van der Waals surface area contributed by atoms with Crippen LogP contribution in [0.2, 0.25) is 0 Å². The van der Waals surface area contributed by atoms with E-state index < -0.39 is 17.2 Å². The number of piperidine rings is 1. The zero-order chi connectivity index (χ0) is 22.4. The molecule has 7 heteroatoms. The summed E-state index contributed by atoms with van der Waals surface area (Å²) in [5.74, 6) is -1.67. The van der Waals surface area contributed by atoms with Gasteiger partial charge in [0.15, 0.2) is 0 Å². The fourth-order valence-electron chi connectivity index (χ4n) is 4.17. The summed E-state index contributed by atoms with van der Waals surface area (Å²) in [4.78, 5) is 38.9. The summed E-state index contributed by atoms with van der Waals surface area (Å²) in [6, 6.07) is 15.4. The van der Waals surface area contributed by atoms with Crippen LogP contribution in [0.5, 0.6) is 0 Å². The zero-order valence-corrected chi connectivity index (χ0v) is 17.6. The van der Waals surface area contributed by atoms with Crippen LogP contribution in [0.4, 0.5) is 4.39 Å². The van der Waals surface area contributed by atoms with Gasteiger partial charge in [-0.05, 0) is 42.5 Å². The number of nitrogens with one attached hydrogen (secondary N) is 1. The van der Waals surface area contributed by atoms with Crippen LogP contribution < -0.4 is 11.1 Å². The first-order chi connectivity index (χ1) is 14.8. The lowest BCUT2D eigenvalue weighted by atomic mass is 9.72. The average Bonchev–Trinajstić information content (AvgIpc) is 2.78. The van der Waals surface area contributed by atoms with Crippen LogP contribution in [0.15, 0.2) is 54.6 Å². The molecule has 3 amide bonds. The number of amides is 3. The van der Waals surface area contributed by atoms with E-state index in [0.29, 0.717) is 32.4 Å². The molecule has 0 aliphatic carbocycles. The Kier molecular flexibility index (Phi) is 7.05. The van der Waals surface area contributed by atoms with Crippen LogP contribution >= 0.6 is 0 Å². The van der Waals surface area contributed by atoms with Crippen molar-refractivity contribution in [3.8, 4) is 0 Å². The molecule has 0 bridgehead atoms. The number of hydrogen-bond acceptors (Lipinski definition) is 3. The molecule has 1 heterocycles. The quantitative estimate of drug-likeness (QED) is 0.712. The predicted octanol–water partition coefficient (Wildman–Crippen LogP) is 2.17. The summed E-state index contributed by atoms with van der Waals surface area (Å²) in [5, 5.41) is 2.93. The Labute approximate surface area is 181 Å². The fourth-order valence-corrected chi connectivity index (χ4v) is 4.17. The van der Waals surface area contributed by atoms with Crippen LogP contribution in [0.3, 0.4) is 0 Å². The summed E-state index contributed by atoms with van der Waals surface area (Å²) < 4.78 is 13.2. The molecule has 0 saturated carbocycles. The highest BCUT2D eigenvalue weighted by molar-refractivity contribution is 5.89. The van der Waals surface area contributed by atoms with Crippen LogP contribution in [-0.2, 0) is 26.2 Å². The SMILES string of the molecule is CC(=O)N1CCC(C(=O)NCC(Cc2ccc(F)cc2)C(N)=O)(c2ccccc2)CC1. The van der Waals surface area contributed by atoms with Crippen LogP contribution in [0.1, 0.15) is 30.9 Å². The van der Waals surface area contributed by atoms with Crippen molar-refractivity contribution >= 4 is 17.7 Å². The lowest BCUT2D eigenvalue weighted by Gasteiger charge is -2.41. The second-order valence-electron chi connectivity index (χ2n) is 8.09. The summed E-state index contributed by atoms with van der Waals surface area (Å²) in [6.45, 7) is 2.61. The number of carbonyl (C=O) groups excluding carboxylic acids is 3. The van der Waals surface area contributed by atoms with Gasteiger partial charge in [-0.3, -0.25) is 14.4 Å². The lowest BCUT2D eigenvalue weighted by molar-refractivity contribution is -0.135. The number of benzene rings is 2. The van der Waals surface area contributed by atoms with Crippen molar-refractivity contribution in [1.29, 1.82) is 0 Å². The summed E-state index contributed by atoms with van der Waals surface area (Å²) in [6.07, 6.45) is 1.32. The van der Waals surface area contributed by atoms with Crippen LogP contribution in [0, 0.1) is 11.7 Å². The highest BCUT2D eigenvalue weighted by Crippen LogP contribution is 2.36. The Morgan fingerprint density at radius 1 is 1.06 bits per heavy atom. The van der Waals surface area contributed by atoms with Crippen molar-refractivity contribution in [2.45, 2.75) is 31.6 Å². The molecule has 1 fully saturated rings. The van der Waals surface area contributed by atoms with Crippen molar-refractivity contribution in [1.82, 2.24) is 10.2 Å². The minimum atomic E-state index is -0.773. The average molecular weight is 426 g/mol. The molecule has 0 radical (unpaired) electrons. The van der Waals surface area contributed by atoms with Gasteiger partial charge in [-0.15, -0.1) is 0 Å². The van der Waals surface area contributed by atoms with Gasteiger partial charge in [-0.2, -0.15) is 0 Å². The van der Waals surface area contributed by atoms with Gasteiger partial charge < -0.3 is 16.0 Å². The van der Waals surface area contributed by atoms with E-state index in [-0.39, 0.29) is 24.2 Å². The largest absolute Gasteiger partial charge is 0.369 e. The number of nitrogens with zero attached hydrogens (tertiary/aromatic N) is 1. The Bertz CT molecular complexity index is 923. The third-order valence-corrected chi connectivity index (χ3v) is 6.13. The molecule has 3 N–H and O–H groups in total. The summed E-state index contributed by atoms with van der Waals surface area (Å²) in [7, 11) is 0. The van der Waals surface area contributed by atoms with E-state index >= 15 is 0 Å². The Morgan fingerprint density at radius 3 is 2.23 bits per heavy atom. The van der Waals surface area contributed by atoms with E-state index in [9.17, 15) is 18.8 Å². The molecule has 1 aliphatic heterocycles. The van der Waals surface area contributed by atoms with Crippen molar-refractivity contribution in [2.75, 3.05) is 19.6 Å². The molecule has 3 rings (SSSR count). The first-order valence-corrected chi connectivity index (χ1v) is 10.4. The van der Waals surface area contributed by atoms with E-state index in [2.05, 4.69) is 5.32 Å². The van der Waals surface area contributed by atoms with Gasteiger partial charge >= 0.3 is 0 Å². The summed E-state index contributed by atoms with van der Waals surface area (Å²) >= 11 is 0. The van der Waals surface area contributed by atoms with E-state index in [0.717, 1.165) is 11.1 Å². The van der Waals surface area contributed by atoms with E-state index in [1.807, 2.05) is 30.3 Å². The molecule has 6 nitrogen and oxygen atoms in total. The molecule has 2 aromatic carbocycles. The molecule has 1 unspecified atom stereocenters. The molecule has 0 spiro atoms. The van der Waals surface area contributed by atoms with E-state index in [1.165, 1.54) is 19.1 Å². The topological polar surface area (TPSA) is 92.5 Å². The van der Waals surface area contributed by atoms with Crippen LogP contribution in [-0.4, -0.2) is 42.3 Å². The number of rotatable bonds is 7. The van der Waals surface area contributed by atoms with E-state index in [4.69, 9.17) is 5.73 Å². The molecular weight excluding hydrogens is 397 g/mol. The van der Waals surface area contributed by atoms with Crippen LogP contribution in [0.25, 0.3) is 0 Å². The van der Waals surface area contributed by atoms with Gasteiger partial charge in [0.25, 0.3) is 0 Å². The molecule has 164 valence electrons. The molecule has 1 atom stereocenters. The van der Waals surface area contributed by atoms with Crippen molar-refractivity contribution in [3.05, 3.63) is 71.5 Å². The third-order valence-electron chi connectivity index (χ3n) is 6.13. The van der Waals surface area contributed by atoms with Gasteiger partial charge in [0, 0.05) is 26.6 Å². The van der Waals surface area contributed by atoms with Gasteiger partial charge in [0.1, 0.15) is 5.82 Å². The standard InChI is InChI=1S/C24H28FN3O3/c1-17(29)28-13-11-24(12-14-28,20-5-3-2-4-6-20)23(31)27-16-19(22(26)30)15-18-7-9-21(25)10-8-18/h2-10,19H,11-16H2,1H3,(H2,26,30)(H,27,31). The lowest BCUT2D eigenvalue weighted by Crippen LogP contribution is -2.53. The zero-order valence-electron chi connectivity index (χ0n) is 17.6. The minimum Gasteiger partial charge on any atom is -0.369 e. The second-order valence-corrected chi connectivity index (χ2v) is 8.09. The number of halogens is 1. The number of hydrogen-bond donors (Lipinski definition) is 2. The van der Waals surface area contributed by atoms with Crippen molar-refractivity contribution in [3.63, 3.8) is 0 Å². The van der Waals surface area contributed by atoms with Gasteiger partial charge in [-0.1, -0.05) is 42.5 Å². The molecule has 1 saturated heterocycles. The Balaban J connectivity index is 1.74. The molecule has 0 aromatic heterocycles. The third kappa shape index (κ3) is 5.29. The first kappa shape index (κ1) is 22.5. The van der Waals surface area contributed by atoms with Crippen molar-refractivity contribution in [2.24, 2.45) is 11.7 Å². The predicted molar refractivity (Wildman–Crippen MR) is 115 cm³/mol. The maximum Gasteiger partial charge on any atom is 0.230 e. The smallest absolute Gasteiger partial charge is 0.230 e. The van der Waals surface area contributed by atoms with E-state index in [1.54, 1.807) is 17.0 Å². The van der Waals surface area contributed by atoms with Gasteiger partial charge in [0.2, 0.25) is 17.7 Å². The molecule has 1 aliphatic rings. The number of nitrogens with two attached hydrogens (primary N) is 1. The maximum absolute atomic E-state index is 13.4. The first-order valence-electron chi connectivity index (χ1n) is 10.4. The second kappa shape index (κ2) is 9.73. The summed E-state index contributed by atoms with van der Waals surface area (Å²) in [5.41, 5.74) is 6.46. The molecule has 2 aromatic rings. The minimum absolute atomic E-state index is 0.00448. The van der Waals surface area contributed by atoms with Crippen molar-refractivity contribution < 1.29 is 18.8 Å².